The minimum atomic E-state index is -1.38. The molecule has 3 rings (SSSR count). The third kappa shape index (κ3) is 11.0. The number of benzene rings is 2. The summed E-state index contributed by atoms with van der Waals surface area (Å²) in [7, 11) is 3.07. The molecule has 13 nitrogen and oxygen atoms in total. The van der Waals surface area contributed by atoms with Crippen LogP contribution in [0.3, 0.4) is 0 Å². The zero-order valence-electron chi connectivity index (χ0n) is 26.3. The molecule has 0 amide bonds. The first-order chi connectivity index (χ1) is 21.5. The summed E-state index contributed by atoms with van der Waals surface area (Å²) < 4.78 is 49.8. The van der Waals surface area contributed by atoms with Gasteiger partial charge in [-0.2, -0.15) is 0 Å². The lowest BCUT2D eigenvalue weighted by Crippen LogP contribution is -2.63. The highest BCUT2D eigenvalue weighted by molar-refractivity contribution is 5.68. The Labute approximate surface area is 261 Å². The summed E-state index contributed by atoms with van der Waals surface area (Å²) >= 11 is 0. The monoisotopic (exact) mass is 632 g/mol. The van der Waals surface area contributed by atoms with Crippen molar-refractivity contribution in [3.05, 3.63) is 59.2 Å². The molecular formula is C32H40O13. The predicted octanol–water partition coefficient (Wildman–Crippen LogP) is 2.91. The molecule has 1 saturated heterocycles. The lowest BCUT2D eigenvalue weighted by atomic mass is 9.97. The van der Waals surface area contributed by atoms with E-state index in [1.807, 2.05) is 30.3 Å². The van der Waals surface area contributed by atoms with Crippen LogP contribution in [0.4, 0.5) is 0 Å². The van der Waals surface area contributed by atoms with Crippen LogP contribution >= 0.6 is 0 Å². The van der Waals surface area contributed by atoms with Crippen LogP contribution in [0.25, 0.3) is 0 Å². The van der Waals surface area contributed by atoms with Crippen LogP contribution in [0, 0.1) is 0 Å². The van der Waals surface area contributed by atoms with Gasteiger partial charge in [0.05, 0.1) is 13.7 Å². The molecule has 1 aliphatic heterocycles. The van der Waals surface area contributed by atoms with Crippen molar-refractivity contribution >= 4 is 23.9 Å². The fourth-order valence-corrected chi connectivity index (χ4v) is 4.70. The van der Waals surface area contributed by atoms with E-state index in [-0.39, 0.29) is 13.4 Å². The van der Waals surface area contributed by atoms with Crippen molar-refractivity contribution in [3.8, 4) is 11.5 Å². The summed E-state index contributed by atoms with van der Waals surface area (Å²) in [6.07, 6.45) is -5.38. The number of hydrogen-bond donors (Lipinski definition) is 0. The molecule has 45 heavy (non-hydrogen) atoms. The van der Waals surface area contributed by atoms with Gasteiger partial charge in [-0.05, 0) is 29.2 Å². The van der Waals surface area contributed by atoms with Crippen molar-refractivity contribution in [2.75, 3.05) is 34.2 Å². The topological polar surface area (TPSA) is 151 Å². The second kappa shape index (κ2) is 17.3. The Morgan fingerprint density at radius 2 is 1.38 bits per heavy atom. The van der Waals surface area contributed by atoms with E-state index in [1.54, 1.807) is 19.2 Å². The third-order valence-corrected chi connectivity index (χ3v) is 6.62. The largest absolute Gasteiger partial charge is 0.497 e. The second-order valence-corrected chi connectivity index (χ2v) is 10.2. The van der Waals surface area contributed by atoms with Crippen molar-refractivity contribution in [1.29, 1.82) is 0 Å². The number of esters is 4. The van der Waals surface area contributed by atoms with E-state index in [4.69, 9.17) is 42.6 Å². The van der Waals surface area contributed by atoms with Gasteiger partial charge in [-0.3, -0.25) is 19.2 Å². The molecule has 5 atom stereocenters. The van der Waals surface area contributed by atoms with Crippen LogP contribution in [0.5, 0.6) is 11.5 Å². The first-order valence-corrected chi connectivity index (χ1v) is 14.3. The Bertz CT molecular complexity index is 1290. The maximum absolute atomic E-state index is 12.2. The minimum Gasteiger partial charge on any atom is -0.497 e. The van der Waals surface area contributed by atoms with E-state index in [0.29, 0.717) is 24.5 Å². The number of rotatable bonds is 15. The molecule has 13 heteroatoms. The summed E-state index contributed by atoms with van der Waals surface area (Å²) in [5.41, 5.74) is 2.81. The number of ether oxygens (including phenoxy) is 9. The van der Waals surface area contributed by atoms with E-state index >= 15 is 0 Å². The van der Waals surface area contributed by atoms with Gasteiger partial charge in [0.1, 0.15) is 31.0 Å². The average molecular weight is 633 g/mol. The van der Waals surface area contributed by atoms with Gasteiger partial charge in [0.2, 0.25) is 12.4 Å². The van der Waals surface area contributed by atoms with E-state index in [1.165, 1.54) is 14.0 Å². The van der Waals surface area contributed by atoms with E-state index in [9.17, 15) is 19.2 Å². The highest BCUT2D eigenvalue weighted by Gasteiger charge is 2.53. The highest BCUT2D eigenvalue weighted by atomic mass is 16.7. The minimum absolute atomic E-state index is 0.234. The molecule has 2 aromatic rings. The standard InChI is InChI=1S/C32H40O13/c1-19(33)40-17-28-29(41-20(2)34)30(42-21(3)35)31(43-22(4)36)32(45-28)44-27-16-26(38-6)12-11-25(27)15-24-9-7-23(8-10-24)13-14-39-18-37-5/h7-12,16,28-32H,13-15,17-18H2,1-6H3/t28-,29-,30+,31-,32+/m1/s1. The zero-order chi connectivity index (χ0) is 32.9. The van der Waals surface area contributed by atoms with Crippen LogP contribution in [0.15, 0.2) is 42.5 Å². The Kier molecular flexibility index (Phi) is 13.6. The molecule has 0 unspecified atom stereocenters. The van der Waals surface area contributed by atoms with Gasteiger partial charge in [-0.15, -0.1) is 0 Å². The van der Waals surface area contributed by atoms with Crippen LogP contribution in [-0.2, 0) is 65.2 Å². The Hall–Kier alpha value is -4.20. The second-order valence-electron chi connectivity index (χ2n) is 10.2. The number of carbonyl (C=O) groups excluding carboxylic acids is 4. The molecule has 1 heterocycles. The molecule has 0 aromatic heterocycles. The Morgan fingerprint density at radius 3 is 1.98 bits per heavy atom. The van der Waals surface area contributed by atoms with Gasteiger partial charge in [0, 0.05) is 47.3 Å². The summed E-state index contributed by atoms with van der Waals surface area (Å²) in [4.78, 5) is 48.1. The number of methoxy groups -OCH3 is 2. The summed E-state index contributed by atoms with van der Waals surface area (Å²) in [6.45, 7) is 5.07. The molecule has 0 spiro atoms. The highest BCUT2D eigenvalue weighted by Crippen LogP contribution is 2.34. The van der Waals surface area contributed by atoms with Crippen LogP contribution < -0.4 is 9.47 Å². The fraction of sp³-hybridized carbons (Fsp3) is 0.500. The lowest BCUT2D eigenvalue weighted by molar-refractivity contribution is -0.288. The van der Waals surface area contributed by atoms with Crippen molar-refractivity contribution in [2.45, 2.75) is 71.2 Å². The van der Waals surface area contributed by atoms with Crippen LogP contribution in [0.1, 0.15) is 44.4 Å². The molecule has 1 fully saturated rings. The molecular weight excluding hydrogens is 592 g/mol. The number of hydrogen-bond acceptors (Lipinski definition) is 13. The summed E-state index contributed by atoms with van der Waals surface area (Å²) in [5, 5.41) is 0. The molecule has 2 aromatic carbocycles. The third-order valence-electron chi connectivity index (χ3n) is 6.62. The normalized spacial score (nSPS) is 20.9. The Morgan fingerprint density at radius 1 is 0.756 bits per heavy atom. The average Bonchev–Trinajstić information content (AvgIpc) is 2.98. The fourth-order valence-electron chi connectivity index (χ4n) is 4.70. The molecule has 0 N–H and O–H groups in total. The van der Waals surface area contributed by atoms with Crippen LogP contribution in [0.2, 0.25) is 0 Å². The first kappa shape index (κ1) is 35.3. The SMILES string of the molecule is COCOCCc1ccc(Cc2ccc(OC)cc2O[C@H]2O[C@H](COC(C)=O)[C@@H](OC(C)=O)[C@H](OC(C)=O)[C@H]2OC(C)=O)cc1. The first-order valence-electron chi connectivity index (χ1n) is 14.3. The molecule has 0 radical (unpaired) electrons. The van der Waals surface area contributed by atoms with Gasteiger partial charge < -0.3 is 42.6 Å². The Balaban J connectivity index is 1.95. The lowest BCUT2D eigenvalue weighted by Gasteiger charge is -2.44. The van der Waals surface area contributed by atoms with Gasteiger partial charge >= 0.3 is 23.9 Å². The van der Waals surface area contributed by atoms with E-state index in [0.717, 1.165) is 43.9 Å². The van der Waals surface area contributed by atoms with Crippen molar-refractivity contribution in [1.82, 2.24) is 0 Å². The van der Waals surface area contributed by atoms with E-state index < -0.39 is 54.6 Å². The van der Waals surface area contributed by atoms with Gasteiger partial charge in [-0.25, -0.2) is 0 Å². The molecule has 0 bridgehead atoms. The molecule has 0 aliphatic carbocycles. The van der Waals surface area contributed by atoms with Gasteiger partial charge in [-0.1, -0.05) is 30.3 Å². The maximum atomic E-state index is 12.2. The predicted molar refractivity (Wildman–Crippen MR) is 156 cm³/mol. The van der Waals surface area contributed by atoms with Crippen molar-refractivity contribution in [3.63, 3.8) is 0 Å². The smallest absolute Gasteiger partial charge is 0.303 e. The summed E-state index contributed by atoms with van der Waals surface area (Å²) in [6, 6.07) is 13.2. The molecule has 0 saturated carbocycles. The quantitative estimate of drug-likeness (QED) is 0.123. The van der Waals surface area contributed by atoms with Gasteiger partial charge in [0.25, 0.3) is 0 Å². The number of carbonyl (C=O) groups is 4. The summed E-state index contributed by atoms with van der Waals surface area (Å²) in [5.74, 6) is -2.01. The molecule has 1 aliphatic rings. The maximum Gasteiger partial charge on any atom is 0.303 e. The van der Waals surface area contributed by atoms with Crippen molar-refractivity contribution in [2.24, 2.45) is 0 Å². The van der Waals surface area contributed by atoms with Crippen molar-refractivity contribution < 1.29 is 61.8 Å². The van der Waals surface area contributed by atoms with E-state index in [2.05, 4.69) is 0 Å². The molecule has 246 valence electrons. The van der Waals surface area contributed by atoms with Gasteiger partial charge in [0.15, 0.2) is 12.2 Å². The van der Waals surface area contributed by atoms with Crippen LogP contribution in [-0.4, -0.2) is 88.8 Å². The zero-order valence-corrected chi connectivity index (χ0v) is 26.3.